The summed E-state index contributed by atoms with van der Waals surface area (Å²) in [5, 5.41) is 1.78. The number of halogens is 1. The van der Waals surface area contributed by atoms with Gasteiger partial charge in [0.05, 0.1) is 23.1 Å². The molecule has 0 aliphatic heterocycles. The van der Waals surface area contributed by atoms with Gasteiger partial charge in [0, 0.05) is 17.1 Å². The van der Waals surface area contributed by atoms with E-state index in [1.54, 1.807) is 23.1 Å². The fourth-order valence-electron chi connectivity index (χ4n) is 3.38. The van der Waals surface area contributed by atoms with Crippen LogP contribution >= 0.6 is 22.9 Å². The second-order valence-corrected chi connectivity index (χ2v) is 8.64. The Bertz CT molecular complexity index is 1300. The van der Waals surface area contributed by atoms with Gasteiger partial charge in [-0.15, -0.1) is 11.3 Å². The van der Waals surface area contributed by atoms with Crippen molar-refractivity contribution < 1.29 is 4.79 Å². The van der Waals surface area contributed by atoms with E-state index in [0.29, 0.717) is 38.9 Å². The molecule has 0 bridgehead atoms. The molecule has 1 N–H and O–H groups in total. The highest BCUT2D eigenvalue weighted by atomic mass is 35.5. The van der Waals surface area contributed by atoms with Crippen molar-refractivity contribution in [1.29, 1.82) is 0 Å². The number of fused-ring (bicyclic) bond motifs is 1. The van der Waals surface area contributed by atoms with Crippen molar-refractivity contribution in [3.8, 4) is 10.6 Å². The van der Waals surface area contributed by atoms with Crippen molar-refractivity contribution >= 4 is 39.7 Å². The maximum absolute atomic E-state index is 13.4. The fourth-order valence-corrected chi connectivity index (χ4v) is 4.59. The van der Waals surface area contributed by atoms with Crippen molar-refractivity contribution in [2.24, 2.45) is 0 Å². The summed E-state index contributed by atoms with van der Waals surface area (Å²) in [6.45, 7) is 4.58. The Balaban J connectivity index is 1.65. The van der Waals surface area contributed by atoms with Crippen LogP contribution in [0.4, 0.5) is 0 Å². The first kappa shape index (κ1) is 21.2. The van der Waals surface area contributed by atoms with Crippen LogP contribution in [0.1, 0.15) is 34.5 Å². The SMILES string of the molecule is CCCN(Cc1nc2cc(Cl)ccc2c(=O)[nH]1)C(=O)c1sc(-c2ccccc2)nc1C. The Hall–Kier alpha value is -3.03. The molecule has 31 heavy (non-hydrogen) atoms. The number of carbonyl (C=O) groups excluding carboxylic acids is 1. The third kappa shape index (κ3) is 4.52. The molecule has 158 valence electrons. The molecule has 0 radical (unpaired) electrons. The van der Waals surface area contributed by atoms with E-state index >= 15 is 0 Å². The molecule has 2 heterocycles. The van der Waals surface area contributed by atoms with E-state index in [1.807, 2.05) is 44.2 Å². The lowest BCUT2D eigenvalue weighted by Crippen LogP contribution is -2.32. The smallest absolute Gasteiger partial charge is 0.266 e. The first-order valence-electron chi connectivity index (χ1n) is 9.97. The minimum Gasteiger partial charge on any atom is -0.330 e. The maximum Gasteiger partial charge on any atom is 0.266 e. The molecule has 2 aromatic heterocycles. The van der Waals surface area contributed by atoms with Gasteiger partial charge in [0.25, 0.3) is 11.5 Å². The molecule has 0 saturated carbocycles. The molecule has 0 spiro atoms. The zero-order chi connectivity index (χ0) is 22.0. The van der Waals surface area contributed by atoms with E-state index < -0.39 is 0 Å². The van der Waals surface area contributed by atoms with Gasteiger partial charge in [0.15, 0.2) is 0 Å². The maximum atomic E-state index is 13.4. The van der Waals surface area contributed by atoms with Crippen LogP contribution in [0, 0.1) is 6.92 Å². The van der Waals surface area contributed by atoms with Gasteiger partial charge in [-0.05, 0) is 31.5 Å². The summed E-state index contributed by atoms with van der Waals surface area (Å²) in [5.41, 5.74) is 1.94. The van der Waals surface area contributed by atoms with Crippen LogP contribution in [0.2, 0.25) is 5.02 Å². The van der Waals surface area contributed by atoms with Gasteiger partial charge in [-0.2, -0.15) is 0 Å². The number of aromatic nitrogens is 3. The van der Waals surface area contributed by atoms with E-state index in [0.717, 1.165) is 17.0 Å². The Morgan fingerprint density at radius 3 is 2.68 bits per heavy atom. The number of rotatable bonds is 6. The van der Waals surface area contributed by atoms with Crippen LogP contribution in [0.3, 0.4) is 0 Å². The van der Waals surface area contributed by atoms with Gasteiger partial charge in [-0.25, -0.2) is 9.97 Å². The van der Waals surface area contributed by atoms with E-state index in [-0.39, 0.29) is 18.0 Å². The summed E-state index contributed by atoms with van der Waals surface area (Å²) in [6.07, 6.45) is 0.777. The van der Waals surface area contributed by atoms with Crippen LogP contribution in [0.5, 0.6) is 0 Å². The fraction of sp³-hybridized carbons (Fsp3) is 0.217. The van der Waals surface area contributed by atoms with Gasteiger partial charge in [0.1, 0.15) is 15.7 Å². The van der Waals surface area contributed by atoms with Crippen molar-refractivity contribution in [3.05, 3.63) is 80.3 Å². The normalized spacial score (nSPS) is 11.1. The minimum atomic E-state index is -0.249. The molecule has 2 aromatic carbocycles. The lowest BCUT2D eigenvalue weighted by atomic mass is 10.2. The topological polar surface area (TPSA) is 79.0 Å². The summed E-state index contributed by atoms with van der Waals surface area (Å²) >= 11 is 7.44. The number of carbonyl (C=O) groups is 1. The molecule has 4 rings (SSSR count). The number of H-pyrrole nitrogens is 1. The molecule has 0 fully saturated rings. The summed E-state index contributed by atoms with van der Waals surface area (Å²) in [4.78, 5) is 40.0. The standard InChI is InChI=1S/C23H21ClN4O2S/c1-3-11-28(13-19-26-18-12-16(24)9-10-17(18)21(29)27-19)23(30)20-14(2)25-22(31-20)15-7-5-4-6-8-15/h4-10,12H,3,11,13H2,1-2H3,(H,26,27,29). The predicted molar refractivity (Wildman–Crippen MR) is 125 cm³/mol. The quantitative estimate of drug-likeness (QED) is 0.443. The van der Waals surface area contributed by atoms with Crippen LogP contribution in [-0.2, 0) is 6.54 Å². The molecule has 0 saturated heterocycles. The Morgan fingerprint density at radius 1 is 1.16 bits per heavy atom. The molecule has 4 aromatic rings. The lowest BCUT2D eigenvalue weighted by Gasteiger charge is -2.21. The highest BCUT2D eigenvalue weighted by molar-refractivity contribution is 7.17. The Morgan fingerprint density at radius 2 is 1.94 bits per heavy atom. The van der Waals surface area contributed by atoms with Crippen molar-refractivity contribution in [1.82, 2.24) is 19.9 Å². The van der Waals surface area contributed by atoms with E-state index in [4.69, 9.17) is 11.6 Å². The van der Waals surface area contributed by atoms with Crippen LogP contribution in [0.25, 0.3) is 21.5 Å². The molecule has 0 unspecified atom stereocenters. The van der Waals surface area contributed by atoms with Gasteiger partial charge in [0.2, 0.25) is 0 Å². The molecule has 0 atom stereocenters. The third-order valence-electron chi connectivity index (χ3n) is 4.85. The summed E-state index contributed by atoms with van der Waals surface area (Å²) in [5.74, 6) is 0.305. The van der Waals surface area contributed by atoms with Crippen molar-refractivity contribution in [2.45, 2.75) is 26.8 Å². The number of benzene rings is 2. The number of hydrogen-bond donors (Lipinski definition) is 1. The first-order chi connectivity index (χ1) is 15.0. The van der Waals surface area contributed by atoms with E-state index in [2.05, 4.69) is 15.0 Å². The second kappa shape index (κ2) is 8.99. The Kier molecular flexibility index (Phi) is 6.15. The third-order valence-corrected chi connectivity index (χ3v) is 6.28. The number of thiazole rings is 1. The minimum absolute atomic E-state index is 0.118. The number of aromatic amines is 1. The average Bonchev–Trinajstić information content (AvgIpc) is 3.15. The van der Waals surface area contributed by atoms with E-state index in [9.17, 15) is 9.59 Å². The number of aryl methyl sites for hydroxylation is 1. The van der Waals surface area contributed by atoms with Crippen LogP contribution in [-0.4, -0.2) is 32.3 Å². The van der Waals surface area contributed by atoms with Gasteiger partial charge in [-0.3, -0.25) is 9.59 Å². The zero-order valence-corrected chi connectivity index (χ0v) is 18.8. The second-order valence-electron chi connectivity index (χ2n) is 7.20. The average molecular weight is 453 g/mol. The van der Waals surface area contributed by atoms with Gasteiger partial charge in [-0.1, -0.05) is 48.9 Å². The predicted octanol–water partition coefficient (Wildman–Crippen LogP) is 5.06. The largest absolute Gasteiger partial charge is 0.330 e. The van der Waals surface area contributed by atoms with Crippen LogP contribution in [0.15, 0.2) is 53.3 Å². The molecule has 6 nitrogen and oxygen atoms in total. The lowest BCUT2D eigenvalue weighted by molar-refractivity contribution is 0.0743. The van der Waals surface area contributed by atoms with Crippen molar-refractivity contribution in [2.75, 3.05) is 6.54 Å². The highest BCUT2D eigenvalue weighted by Crippen LogP contribution is 2.29. The Labute approximate surface area is 188 Å². The number of amides is 1. The summed E-state index contributed by atoms with van der Waals surface area (Å²) < 4.78 is 0. The number of hydrogen-bond acceptors (Lipinski definition) is 5. The van der Waals surface area contributed by atoms with Gasteiger partial charge >= 0.3 is 0 Å². The highest BCUT2D eigenvalue weighted by Gasteiger charge is 2.22. The summed E-state index contributed by atoms with van der Waals surface area (Å²) in [6, 6.07) is 14.8. The van der Waals surface area contributed by atoms with Crippen LogP contribution < -0.4 is 5.56 Å². The molecule has 8 heteroatoms. The monoisotopic (exact) mass is 452 g/mol. The van der Waals surface area contributed by atoms with E-state index in [1.165, 1.54) is 11.3 Å². The number of nitrogens with one attached hydrogen (secondary N) is 1. The molecular formula is C23H21ClN4O2S. The molecule has 1 amide bonds. The van der Waals surface area contributed by atoms with Gasteiger partial charge < -0.3 is 9.88 Å². The molecule has 0 aliphatic carbocycles. The zero-order valence-electron chi connectivity index (χ0n) is 17.2. The number of nitrogens with zero attached hydrogens (tertiary/aromatic N) is 3. The summed E-state index contributed by atoms with van der Waals surface area (Å²) in [7, 11) is 0. The first-order valence-corrected chi connectivity index (χ1v) is 11.2. The van der Waals surface area contributed by atoms with Crippen molar-refractivity contribution in [3.63, 3.8) is 0 Å². The molecular weight excluding hydrogens is 432 g/mol. The molecule has 0 aliphatic rings.